The van der Waals surface area contributed by atoms with Gasteiger partial charge in [0.15, 0.2) is 5.78 Å². The second-order valence-electron chi connectivity index (χ2n) is 5.43. The highest BCUT2D eigenvalue weighted by Crippen LogP contribution is 2.22. The van der Waals surface area contributed by atoms with Crippen molar-refractivity contribution in [2.45, 2.75) is 39.5 Å². The van der Waals surface area contributed by atoms with Gasteiger partial charge in [-0.05, 0) is 60.4 Å². The average Bonchev–Trinajstić information content (AvgIpc) is 2.48. The predicted octanol–water partition coefficient (Wildman–Crippen LogP) is 5.10. The highest BCUT2D eigenvalue weighted by molar-refractivity contribution is 6.10. The highest BCUT2D eigenvalue weighted by atomic mass is 19.1. The molecule has 0 aliphatic carbocycles. The Hall–Kier alpha value is -2.03. The molecule has 2 aromatic rings. The molecule has 0 amide bonds. The van der Waals surface area contributed by atoms with E-state index in [4.69, 9.17) is 0 Å². The molecule has 0 aliphatic rings. The molecule has 0 bridgehead atoms. The van der Waals surface area contributed by atoms with E-state index in [1.165, 1.54) is 36.4 Å². The third-order valence-electron chi connectivity index (χ3n) is 3.66. The number of hydrogen-bond donors (Lipinski definition) is 0. The summed E-state index contributed by atoms with van der Waals surface area (Å²) in [5.41, 5.74) is 2.43. The maximum atomic E-state index is 13.4. The lowest BCUT2D eigenvalue weighted by Crippen LogP contribution is -2.09. The van der Waals surface area contributed by atoms with Crippen molar-refractivity contribution in [1.82, 2.24) is 0 Å². The summed E-state index contributed by atoms with van der Waals surface area (Å²) in [5.74, 6) is -0.840. The van der Waals surface area contributed by atoms with E-state index >= 15 is 0 Å². The Morgan fingerprint density at radius 3 is 1.59 bits per heavy atom. The van der Waals surface area contributed by atoms with Gasteiger partial charge < -0.3 is 0 Å². The topological polar surface area (TPSA) is 17.1 Å². The summed E-state index contributed by atoms with van der Waals surface area (Å²) in [6.45, 7) is 3.97. The number of halogens is 2. The molecule has 22 heavy (non-hydrogen) atoms. The lowest BCUT2D eigenvalue weighted by molar-refractivity contribution is 0.103. The molecular weight excluding hydrogens is 282 g/mol. The van der Waals surface area contributed by atoms with Crippen LogP contribution in [0.25, 0.3) is 0 Å². The predicted molar refractivity (Wildman–Crippen MR) is 84.2 cm³/mol. The molecule has 2 rings (SSSR count). The largest absolute Gasteiger partial charge is 0.289 e. The molecule has 0 heterocycles. The van der Waals surface area contributed by atoms with E-state index in [0.717, 1.165) is 12.8 Å². The lowest BCUT2D eigenvalue weighted by Gasteiger charge is -2.12. The summed E-state index contributed by atoms with van der Waals surface area (Å²) in [6, 6.07) is 8.49. The Balaban J connectivity index is 2.48. The summed E-state index contributed by atoms with van der Waals surface area (Å²) in [7, 11) is 0. The zero-order valence-corrected chi connectivity index (χ0v) is 13.0. The summed E-state index contributed by atoms with van der Waals surface area (Å²) in [6.07, 6.45) is 2.94. The minimum atomic E-state index is -0.340. The number of carbonyl (C=O) groups is 1. The number of hydrogen-bond acceptors (Lipinski definition) is 1. The maximum Gasteiger partial charge on any atom is 0.193 e. The monoisotopic (exact) mass is 302 g/mol. The molecule has 0 spiro atoms. The lowest BCUT2D eigenvalue weighted by atomic mass is 9.92. The van der Waals surface area contributed by atoms with Crippen LogP contribution in [-0.2, 0) is 12.8 Å². The second-order valence-corrected chi connectivity index (χ2v) is 5.43. The zero-order valence-electron chi connectivity index (χ0n) is 13.0. The number of carbonyl (C=O) groups excluding carboxylic acids is 1. The van der Waals surface area contributed by atoms with Gasteiger partial charge in [0.1, 0.15) is 11.6 Å². The van der Waals surface area contributed by atoms with Crippen molar-refractivity contribution >= 4 is 5.78 Å². The fourth-order valence-electron chi connectivity index (χ4n) is 2.67. The van der Waals surface area contributed by atoms with E-state index in [9.17, 15) is 13.6 Å². The van der Waals surface area contributed by atoms with Gasteiger partial charge in [0.05, 0.1) is 0 Å². The minimum Gasteiger partial charge on any atom is -0.289 e. The van der Waals surface area contributed by atoms with Gasteiger partial charge in [-0.1, -0.05) is 26.7 Å². The molecule has 0 radical (unpaired) electrons. The molecule has 0 N–H and O–H groups in total. The summed E-state index contributed by atoms with van der Waals surface area (Å²) >= 11 is 0. The van der Waals surface area contributed by atoms with Gasteiger partial charge in [-0.2, -0.15) is 0 Å². The Kier molecular flexibility index (Phi) is 5.42. The number of benzene rings is 2. The van der Waals surface area contributed by atoms with Crippen molar-refractivity contribution in [3.63, 3.8) is 0 Å². The summed E-state index contributed by atoms with van der Waals surface area (Å²) in [4.78, 5) is 12.8. The fraction of sp³-hybridized carbons (Fsp3) is 0.316. The molecule has 0 fully saturated rings. The quantitative estimate of drug-likeness (QED) is 0.678. The van der Waals surface area contributed by atoms with Crippen molar-refractivity contribution in [2.75, 3.05) is 0 Å². The summed E-state index contributed by atoms with van der Waals surface area (Å²) < 4.78 is 26.9. The first kappa shape index (κ1) is 16.3. The van der Waals surface area contributed by atoms with Gasteiger partial charge in [0.25, 0.3) is 0 Å². The van der Waals surface area contributed by atoms with Crippen molar-refractivity contribution < 1.29 is 13.6 Å². The average molecular weight is 302 g/mol. The van der Waals surface area contributed by atoms with Crippen LogP contribution in [0.3, 0.4) is 0 Å². The van der Waals surface area contributed by atoms with E-state index in [0.29, 0.717) is 35.1 Å². The molecule has 0 saturated carbocycles. The third-order valence-corrected chi connectivity index (χ3v) is 3.66. The van der Waals surface area contributed by atoms with Gasteiger partial charge in [-0.25, -0.2) is 8.78 Å². The van der Waals surface area contributed by atoms with Crippen LogP contribution in [0.1, 0.15) is 53.7 Å². The smallest absolute Gasteiger partial charge is 0.193 e. The van der Waals surface area contributed by atoms with Gasteiger partial charge in [-0.15, -0.1) is 0 Å². The van der Waals surface area contributed by atoms with Crippen molar-refractivity contribution in [2.24, 2.45) is 0 Å². The molecule has 0 unspecified atom stereocenters. The van der Waals surface area contributed by atoms with Crippen LogP contribution in [-0.4, -0.2) is 5.78 Å². The van der Waals surface area contributed by atoms with Crippen LogP contribution < -0.4 is 0 Å². The first-order valence-corrected chi connectivity index (χ1v) is 7.68. The fourth-order valence-corrected chi connectivity index (χ4v) is 2.67. The highest BCUT2D eigenvalue weighted by Gasteiger charge is 2.17. The summed E-state index contributed by atoms with van der Waals surface area (Å²) in [5, 5.41) is 0. The molecule has 2 aromatic carbocycles. The van der Waals surface area contributed by atoms with Gasteiger partial charge >= 0.3 is 0 Å². The second kappa shape index (κ2) is 7.30. The van der Waals surface area contributed by atoms with E-state index in [-0.39, 0.29) is 17.4 Å². The standard InChI is InChI=1S/C19H20F2O/c1-3-5-13-11-15(20)7-9-17(13)19(22)18-10-8-16(21)12-14(18)6-4-2/h7-12H,3-6H2,1-2H3. The Morgan fingerprint density at radius 2 is 1.23 bits per heavy atom. The molecule has 116 valence electrons. The van der Waals surface area contributed by atoms with Gasteiger partial charge in [0.2, 0.25) is 0 Å². The number of rotatable bonds is 6. The van der Waals surface area contributed by atoms with Gasteiger partial charge in [0, 0.05) is 11.1 Å². The number of aryl methyl sites for hydroxylation is 2. The van der Waals surface area contributed by atoms with Crippen molar-refractivity contribution in [1.29, 1.82) is 0 Å². The molecule has 0 aromatic heterocycles. The van der Waals surface area contributed by atoms with Crippen LogP contribution in [0, 0.1) is 11.6 Å². The Bertz CT molecular complexity index is 620. The molecule has 0 aliphatic heterocycles. The van der Waals surface area contributed by atoms with Crippen molar-refractivity contribution in [3.05, 3.63) is 70.3 Å². The number of ketones is 1. The molecule has 0 atom stereocenters. The SMILES string of the molecule is CCCc1cc(F)ccc1C(=O)c1ccc(F)cc1CCC. The van der Waals surface area contributed by atoms with Crippen LogP contribution >= 0.6 is 0 Å². The van der Waals surface area contributed by atoms with Crippen LogP contribution in [0.2, 0.25) is 0 Å². The zero-order chi connectivity index (χ0) is 16.1. The Labute approximate surface area is 130 Å². The Morgan fingerprint density at radius 1 is 0.818 bits per heavy atom. The molecule has 0 saturated heterocycles. The van der Waals surface area contributed by atoms with E-state index < -0.39 is 0 Å². The first-order valence-electron chi connectivity index (χ1n) is 7.68. The van der Waals surface area contributed by atoms with Crippen LogP contribution in [0.4, 0.5) is 8.78 Å². The van der Waals surface area contributed by atoms with E-state index in [1.54, 1.807) is 0 Å². The van der Waals surface area contributed by atoms with Crippen LogP contribution in [0.5, 0.6) is 0 Å². The minimum absolute atomic E-state index is 0.160. The normalized spacial score (nSPS) is 10.7. The maximum absolute atomic E-state index is 13.4. The van der Waals surface area contributed by atoms with E-state index in [2.05, 4.69) is 0 Å². The van der Waals surface area contributed by atoms with E-state index in [1.807, 2.05) is 13.8 Å². The molecular formula is C19H20F2O. The molecule has 3 heteroatoms. The third kappa shape index (κ3) is 3.59. The van der Waals surface area contributed by atoms with Crippen LogP contribution in [0.15, 0.2) is 36.4 Å². The molecule has 1 nitrogen and oxygen atoms in total. The van der Waals surface area contributed by atoms with Gasteiger partial charge in [-0.3, -0.25) is 4.79 Å². The van der Waals surface area contributed by atoms with Crippen molar-refractivity contribution in [3.8, 4) is 0 Å². The first-order chi connectivity index (χ1) is 10.6.